The molecule has 28 heavy (non-hydrogen) atoms. The quantitative estimate of drug-likeness (QED) is 0.385. The largest absolute Gasteiger partial charge is 0.379 e. The van der Waals surface area contributed by atoms with Gasteiger partial charge in [-0.3, -0.25) is 4.99 Å². The van der Waals surface area contributed by atoms with E-state index in [0.717, 1.165) is 61.4 Å². The zero-order valence-electron chi connectivity index (χ0n) is 17.1. The SMILES string of the molecule is CCCc1noc(-c2cccc(CNC(=NC)N(C)CCOCC3CC3)c2)n1. The van der Waals surface area contributed by atoms with Gasteiger partial charge in [-0.15, -0.1) is 0 Å². The van der Waals surface area contributed by atoms with Gasteiger partial charge in [0.1, 0.15) is 0 Å². The van der Waals surface area contributed by atoms with E-state index in [4.69, 9.17) is 9.26 Å². The Bertz CT molecular complexity index is 770. The van der Waals surface area contributed by atoms with Crippen LogP contribution >= 0.6 is 0 Å². The Hall–Kier alpha value is -2.41. The van der Waals surface area contributed by atoms with E-state index in [-0.39, 0.29) is 0 Å². The lowest BCUT2D eigenvalue weighted by molar-refractivity contribution is 0.115. The number of likely N-dealkylation sites (N-methyl/N-ethyl adjacent to an activating group) is 1. The maximum atomic E-state index is 5.72. The van der Waals surface area contributed by atoms with Crippen molar-refractivity contribution in [1.29, 1.82) is 0 Å². The molecule has 7 heteroatoms. The van der Waals surface area contributed by atoms with Gasteiger partial charge < -0.3 is 19.5 Å². The van der Waals surface area contributed by atoms with Crippen LogP contribution in [-0.4, -0.2) is 54.9 Å². The lowest BCUT2D eigenvalue weighted by atomic mass is 10.1. The summed E-state index contributed by atoms with van der Waals surface area (Å²) in [6.07, 6.45) is 4.47. The van der Waals surface area contributed by atoms with E-state index in [1.807, 2.05) is 19.2 Å². The van der Waals surface area contributed by atoms with Gasteiger partial charge in [0.25, 0.3) is 5.89 Å². The van der Waals surface area contributed by atoms with Crippen molar-refractivity contribution in [1.82, 2.24) is 20.4 Å². The molecule has 0 unspecified atom stereocenters. The van der Waals surface area contributed by atoms with Gasteiger partial charge in [-0.2, -0.15) is 4.98 Å². The fourth-order valence-electron chi connectivity index (χ4n) is 2.92. The summed E-state index contributed by atoms with van der Waals surface area (Å²) < 4.78 is 11.1. The van der Waals surface area contributed by atoms with Crippen molar-refractivity contribution in [2.24, 2.45) is 10.9 Å². The molecule has 0 saturated heterocycles. The molecule has 0 radical (unpaired) electrons. The third-order valence-electron chi connectivity index (χ3n) is 4.76. The van der Waals surface area contributed by atoms with Gasteiger partial charge in [0.2, 0.25) is 0 Å². The summed E-state index contributed by atoms with van der Waals surface area (Å²) in [5.74, 6) is 2.97. The number of hydrogen-bond donors (Lipinski definition) is 1. The van der Waals surface area contributed by atoms with Crippen LogP contribution < -0.4 is 5.32 Å². The first-order chi connectivity index (χ1) is 13.7. The van der Waals surface area contributed by atoms with Gasteiger partial charge in [0.15, 0.2) is 11.8 Å². The number of nitrogens with zero attached hydrogens (tertiary/aromatic N) is 4. The average molecular weight is 386 g/mol. The third-order valence-corrected chi connectivity index (χ3v) is 4.76. The van der Waals surface area contributed by atoms with Gasteiger partial charge in [0.05, 0.1) is 6.61 Å². The van der Waals surface area contributed by atoms with Crippen molar-refractivity contribution in [2.75, 3.05) is 33.9 Å². The van der Waals surface area contributed by atoms with Crippen molar-refractivity contribution in [3.05, 3.63) is 35.7 Å². The lowest BCUT2D eigenvalue weighted by Crippen LogP contribution is -2.40. The van der Waals surface area contributed by atoms with E-state index in [2.05, 4.69) is 44.4 Å². The molecule has 0 atom stereocenters. The van der Waals surface area contributed by atoms with Gasteiger partial charge in [-0.05, 0) is 42.9 Å². The molecule has 1 N–H and O–H groups in total. The molecule has 0 bridgehead atoms. The summed E-state index contributed by atoms with van der Waals surface area (Å²) in [6, 6.07) is 8.15. The van der Waals surface area contributed by atoms with Crippen LogP contribution in [0.5, 0.6) is 0 Å². The highest BCUT2D eigenvalue weighted by atomic mass is 16.5. The number of nitrogens with one attached hydrogen (secondary N) is 1. The van der Waals surface area contributed by atoms with Crippen LogP contribution in [0, 0.1) is 5.92 Å². The number of aromatic nitrogens is 2. The van der Waals surface area contributed by atoms with Crippen LogP contribution in [-0.2, 0) is 17.7 Å². The Morgan fingerprint density at radius 3 is 3.00 bits per heavy atom. The van der Waals surface area contributed by atoms with E-state index < -0.39 is 0 Å². The summed E-state index contributed by atoms with van der Waals surface area (Å²) in [5.41, 5.74) is 2.07. The number of aryl methyl sites for hydroxylation is 1. The molecule has 3 rings (SSSR count). The summed E-state index contributed by atoms with van der Waals surface area (Å²) in [5, 5.41) is 7.44. The fraction of sp³-hybridized carbons (Fsp3) is 0.571. The van der Waals surface area contributed by atoms with E-state index in [1.165, 1.54) is 12.8 Å². The van der Waals surface area contributed by atoms with Crippen LogP contribution in [0.2, 0.25) is 0 Å². The predicted octanol–water partition coefficient (Wildman–Crippen LogP) is 3.12. The molecule has 0 spiro atoms. The average Bonchev–Trinajstić information content (AvgIpc) is 3.42. The summed E-state index contributed by atoms with van der Waals surface area (Å²) in [4.78, 5) is 10.9. The molecule has 2 aromatic rings. The second-order valence-electron chi connectivity index (χ2n) is 7.31. The Morgan fingerprint density at radius 2 is 2.25 bits per heavy atom. The molecule has 0 aliphatic heterocycles. The normalized spacial score (nSPS) is 14.3. The molecular weight excluding hydrogens is 354 g/mol. The number of hydrogen-bond acceptors (Lipinski definition) is 5. The highest BCUT2D eigenvalue weighted by Crippen LogP contribution is 2.28. The molecule has 0 amide bonds. The topological polar surface area (TPSA) is 75.8 Å². The Kier molecular flexibility index (Phi) is 7.42. The Balaban J connectivity index is 1.50. The van der Waals surface area contributed by atoms with E-state index in [0.29, 0.717) is 12.4 Å². The van der Waals surface area contributed by atoms with Crippen LogP contribution in [0.25, 0.3) is 11.5 Å². The minimum atomic E-state index is 0.569. The Morgan fingerprint density at radius 1 is 1.39 bits per heavy atom. The standard InChI is InChI=1S/C21H31N5O2/c1-4-6-19-24-20(28-25-19)18-8-5-7-17(13-18)14-23-21(22-2)26(3)11-12-27-15-16-9-10-16/h5,7-8,13,16H,4,6,9-12,14-15H2,1-3H3,(H,22,23). The summed E-state index contributed by atoms with van der Waals surface area (Å²) >= 11 is 0. The van der Waals surface area contributed by atoms with Crippen molar-refractivity contribution < 1.29 is 9.26 Å². The van der Waals surface area contributed by atoms with Gasteiger partial charge in [-0.25, -0.2) is 0 Å². The van der Waals surface area contributed by atoms with Crippen LogP contribution in [0.4, 0.5) is 0 Å². The molecule has 1 saturated carbocycles. The maximum Gasteiger partial charge on any atom is 0.257 e. The first-order valence-electron chi connectivity index (χ1n) is 10.1. The smallest absolute Gasteiger partial charge is 0.257 e. The van der Waals surface area contributed by atoms with E-state index in [1.54, 1.807) is 7.05 Å². The number of guanidine groups is 1. The van der Waals surface area contributed by atoms with Crippen molar-refractivity contribution in [2.45, 2.75) is 39.2 Å². The number of rotatable bonds is 10. The van der Waals surface area contributed by atoms with Gasteiger partial charge in [0, 0.05) is 45.8 Å². The molecule has 1 aliphatic carbocycles. The van der Waals surface area contributed by atoms with Crippen molar-refractivity contribution in [3.8, 4) is 11.5 Å². The van der Waals surface area contributed by atoms with E-state index in [9.17, 15) is 0 Å². The molecule has 152 valence electrons. The Labute approximate surface area is 167 Å². The molecular formula is C21H31N5O2. The third kappa shape index (κ3) is 6.05. The minimum Gasteiger partial charge on any atom is -0.379 e. The predicted molar refractivity (Wildman–Crippen MR) is 110 cm³/mol. The monoisotopic (exact) mass is 385 g/mol. The second-order valence-corrected chi connectivity index (χ2v) is 7.31. The highest BCUT2D eigenvalue weighted by molar-refractivity contribution is 5.79. The maximum absolute atomic E-state index is 5.72. The minimum absolute atomic E-state index is 0.569. The summed E-state index contributed by atoms with van der Waals surface area (Å²) in [6.45, 7) is 5.20. The number of benzene rings is 1. The van der Waals surface area contributed by atoms with Crippen molar-refractivity contribution in [3.63, 3.8) is 0 Å². The first-order valence-corrected chi connectivity index (χ1v) is 10.1. The zero-order chi connectivity index (χ0) is 19.8. The number of aliphatic imine (C=N–C) groups is 1. The molecule has 1 heterocycles. The molecule has 1 aliphatic rings. The first kappa shape index (κ1) is 20.3. The summed E-state index contributed by atoms with van der Waals surface area (Å²) in [7, 11) is 3.83. The van der Waals surface area contributed by atoms with Crippen LogP contribution in [0.3, 0.4) is 0 Å². The van der Waals surface area contributed by atoms with E-state index >= 15 is 0 Å². The molecule has 1 aromatic carbocycles. The highest BCUT2D eigenvalue weighted by Gasteiger charge is 2.21. The fourth-order valence-corrected chi connectivity index (χ4v) is 2.92. The van der Waals surface area contributed by atoms with Crippen LogP contribution in [0.15, 0.2) is 33.8 Å². The lowest BCUT2D eigenvalue weighted by Gasteiger charge is -2.22. The van der Waals surface area contributed by atoms with Crippen molar-refractivity contribution >= 4 is 5.96 Å². The van der Waals surface area contributed by atoms with Crippen LogP contribution in [0.1, 0.15) is 37.6 Å². The molecule has 7 nitrogen and oxygen atoms in total. The molecule has 1 fully saturated rings. The van der Waals surface area contributed by atoms with Gasteiger partial charge in [-0.1, -0.05) is 24.2 Å². The second kappa shape index (κ2) is 10.2. The number of ether oxygens (including phenoxy) is 1. The molecule has 1 aromatic heterocycles. The van der Waals surface area contributed by atoms with Gasteiger partial charge >= 0.3 is 0 Å². The zero-order valence-corrected chi connectivity index (χ0v) is 17.1.